The van der Waals surface area contributed by atoms with Crippen LogP contribution in [0.5, 0.6) is 5.75 Å². The average Bonchev–Trinajstić information content (AvgIpc) is 2.84. The Morgan fingerprint density at radius 1 is 1.44 bits per heavy atom. The lowest BCUT2D eigenvalue weighted by Crippen LogP contribution is -2.30. The predicted molar refractivity (Wildman–Crippen MR) is 66.3 cm³/mol. The molecule has 0 saturated carbocycles. The number of rotatable bonds is 4. The average molecular weight is 246 g/mol. The van der Waals surface area contributed by atoms with Crippen molar-refractivity contribution >= 4 is 11.9 Å². The zero-order valence-electron chi connectivity index (χ0n) is 10.2. The number of amides is 1. The number of H-pyrrole nitrogens is 1. The van der Waals surface area contributed by atoms with Gasteiger partial charge in [0.2, 0.25) is 5.95 Å². The van der Waals surface area contributed by atoms with Crippen molar-refractivity contribution in [1.29, 1.82) is 0 Å². The maximum absolute atomic E-state index is 11.8. The minimum Gasteiger partial charge on any atom is -0.481 e. The van der Waals surface area contributed by atoms with E-state index >= 15 is 0 Å². The van der Waals surface area contributed by atoms with E-state index in [1.165, 1.54) is 6.33 Å². The normalized spacial score (nSPS) is 11.9. The first kappa shape index (κ1) is 12.1. The van der Waals surface area contributed by atoms with Gasteiger partial charge in [-0.15, -0.1) is 0 Å². The summed E-state index contributed by atoms with van der Waals surface area (Å²) in [5.74, 6) is 0.716. The number of hydrogen-bond donors (Lipinski definition) is 2. The van der Waals surface area contributed by atoms with Crippen molar-refractivity contribution in [3.05, 3.63) is 36.2 Å². The standard InChI is InChI=1S/C12H14N4O2/c1-8-5-3-4-6-10(8)18-9(2)11(17)15-12-13-7-14-16-12/h3-7,9H,1-2H3,(H2,13,14,15,16,17). The molecule has 6 heteroatoms. The van der Waals surface area contributed by atoms with Crippen LogP contribution in [-0.2, 0) is 4.79 Å². The van der Waals surface area contributed by atoms with Crippen LogP contribution >= 0.6 is 0 Å². The van der Waals surface area contributed by atoms with E-state index in [0.717, 1.165) is 5.56 Å². The molecule has 0 radical (unpaired) electrons. The topological polar surface area (TPSA) is 79.9 Å². The summed E-state index contributed by atoms with van der Waals surface area (Å²) in [6, 6.07) is 7.54. The number of anilines is 1. The summed E-state index contributed by atoms with van der Waals surface area (Å²) in [7, 11) is 0. The number of nitrogens with zero attached hydrogens (tertiary/aromatic N) is 2. The third-order valence-corrected chi connectivity index (χ3v) is 2.42. The number of carbonyl (C=O) groups excluding carboxylic acids is 1. The molecule has 94 valence electrons. The van der Waals surface area contributed by atoms with Gasteiger partial charge in [-0.3, -0.25) is 10.1 Å². The summed E-state index contributed by atoms with van der Waals surface area (Å²) in [4.78, 5) is 15.6. The summed E-state index contributed by atoms with van der Waals surface area (Å²) < 4.78 is 5.58. The van der Waals surface area contributed by atoms with Crippen molar-refractivity contribution in [2.24, 2.45) is 0 Å². The zero-order valence-corrected chi connectivity index (χ0v) is 10.2. The molecule has 0 bridgehead atoms. The van der Waals surface area contributed by atoms with Gasteiger partial charge in [-0.25, -0.2) is 5.10 Å². The molecule has 2 rings (SSSR count). The van der Waals surface area contributed by atoms with Crippen molar-refractivity contribution in [1.82, 2.24) is 15.2 Å². The molecule has 2 N–H and O–H groups in total. The molecule has 18 heavy (non-hydrogen) atoms. The van der Waals surface area contributed by atoms with E-state index in [4.69, 9.17) is 4.74 Å². The van der Waals surface area contributed by atoms with Crippen molar-refractivity contribution < 1.29 is 9.53 Å². The highest BCUT2D eigenvalue weighted by Crippen LogP contribution is 2.18. The highest BCUT2D eigenvalue weighted by Gasteiger charge is 2.16. The first-order valence-corrected chi connectivity index (χ1v) is 5.55. The molecular formula is C12H14N4O2. The fourth-order valence-electron chi connectivity index (χ4n) is 1.42. The smallest absolute Gasteiger partial charge is 0.267 e. The molecule has 1 atom stereocenters. The highest BCUT2D eigenvalue weighted by molar-refractivity contribution is 5.92. The Labute approximate surface area is 104 Å². The van der Waals surface area contributed by atoms with Crippen molar-refractivity contribution in [3.63, 3.8) is 0 Å². The second-order valence-electron chi connectivity index (χ2n) is 3.85. The van der Waals surface area contributed by atoms with E-state index in [9.17, 15) is 4.79 Å². The quantitative estimate of drug-likeness (QED) is 0.857. The Kier molecular flexibility index (Phi) is 3.57. The first-order valence-electron chi connectivity index (χ1n) is 5.55. The Hall–Kier alpha value is -2.37. The van der Waals surface area contributed by atoms with Crippen LogP contribution in [-0.4, -0.2) is 27.2 Å². The number of aromatic amines is 1. The zero-order chi connectivity index (χ0) is 13.0. The lowest BCUT2D eigenvalue weighted by molar-refractivity contribution is -0.122. The minimum atomic E-state index is -0.615. The van der Waals surface area contributed by atoms with E-state index in [1.54, 1.807) is 6.92 Å². The molecule has 1 amide bonds. The Morgan fingerprint density at radius 3 is 2.89 bits per heavy atom. The second-order valence-corrected chi connectivity index (χ2v) is 3.85. The predicted octanol–water partition coefficient (Wildman–Crippen LogP) is 1.52. The van der Waals surface area contributed by atoms with Crippen LogP contribution in [0.25, 0.3) is 0 Å². The van der Waals surface area contributed by atoms with Gasteiger partial charge in [0.05, 0.1) is 0 Å². The molecule has 1 unspecified atom stereocenters. The third kappa shape index (κ3) is 2.85. The molecule has 1 heterocycles. The fourth-order valence-corrected chi connectivity index (χ4v) is 1.42. The Morgan fingerprint density at radius 2 is 2.22 bits per heavy atom. The molecule has 0 fully saturated rings. The number of aryl methyl sites for hydroxylation is 1. The molecule has 0 spiro atoms. The Balaban J connectivity index is 1.97. The van der Waals surface area contributed by atoms with Crippen LogP contribution in [0.1, 0.15) is 12.5 Å². The first-order chi connectivity index (χ1) is 8.66. The van der Waals surface area contributed by atoms with Gasteiger partial charge in [-0.05, 0) is 25.5 Å². The van der Waals surface area contributed by atoms with Gasteiger partial charge in [0, 0.05) is 0 Å². The molecule has 0 saturated heterocycles. The van der Waals surface area contributed by atoms with Crippen molar-refractivity contribution in [2.75, 3.05) is 5.32 Å². The van der Waals surface area contributed by atoms with Gasteiger partial charge in [-0.1, -0.05) is 18.2 Å². The lowest BCUT2D eigenvalue weighted by Gasteiger charge is -2.15. The van der Waals surface area contributed by atoms with Gasteiger partial charge in [-0.2, -0.15) is 10.1 Å². The van der Waals surface area contributed by atoms with Crippen LogP contribution < -0.4 is 10.1 Å². The van der Waals surface area contributed by atoms with E-state index in [0.29, 0.717) is 11.7 Å². The van der Waals surface area contributed by atoms with Gasteiger partial charge < -0.3 is 4.74 Å². The van der Waals surface area contributed by atoms with E-state index < -0.39 is 6.10 Å². The van der Waals surface area contributed by atoms with Crippen molar-refractivity contribution in [3.8, 4) is 5.75 Å². The number of hydrogen-bond acceptors (Lipinski definition) is 4. The number of ether oxygens (including phenoxy) is 1. The summed E-state index contributed by atoms with van der Waals surface area (Å²) in [6.45, 7) is 3.61. The molecule has 0 aliphatic heterocycles. The molecule has 2 aromatic rings. The molecular weight excluding hydrogens is 232 g/mol. The number of nitrogens with one attached hydrogen (secondary N) is 2. The number of carbonyl (C=O) groups is 1. The molecule has 1 aromatic carbocycles. The maximum Gasteiger partial charge on any atom is 0.267 e. The lowest BCUT2D eigenvalue weighted by atomic mass is 10.2. The molecule has 0 aliphatic rings. The van der Waals surface area contributed by atoms with Crippen LogP contribution in [0.2, 0.25) is 0 Å². The van der Waals surface area contributed by atoms with Crippen LogP contribution in [0, 0.1) is 6.92 Å². The van der Waals surface area contributed by atoms with E-state index in [2.05, 4.69) is 20.5 Å². The summed E-state index contributed by atoms with van der Waals surface area (Å²) in [6.07, 6.45) is 0.707. The number of aromatic nitrogens is 3. The summed E-state index contributed by atoms with van der Waals surface area (Å²) in [5.41, 5.74) is 0.983. The third-order valence-electron chi connectivity index (χ3n) is 2.42. The van der Waals surface area contributed by atoms with Crippen LogP contribution in [0.3, 0.4) is 0 Å². The minimum absolute atomic E-state index is 0.282. The number of benzene rings is 1. The SMILES string of the molecule is Cc1ccccc1OC(C)C(=O)Nc1ncn[nH]1. The van der Waals surface area contributed by atoms with Gasteiger partial charge in [0.15, 0.2) is 6.10 Å². The van der Waals surface area contributed by atoms with E-state index in [-0.39, 0.29) is 5.91 Å². The number of para-hydroxylation sites is 1. The van der Waals surface area contributed by atoms with Crippen LogP contribution in [0.15, 0.2) is 30.6 Å². The second kappa shape index (κ2) is 5.31. The summed E-state index contributed by atoms with van der Waals surface area (Å²) in [5, 5.41) is 8.76. The molecule has 6 nitrogen and oxygen atoms in total. The highest BCUT2D eigenvalue weighted by atomic mass is 16.5. The van der Waals surface area contributed by atoms with Gasteiger partial charge in [0.25, 0.3) is 5.91 Å². The molecule has 0 aliphatic carbocycles. The van der Waals surface area contributed by atoms with Gasteiger partial charge in [0.1, 0.15) is 12.1 Å². The van der Waals surface area contributed by atoms with Crippen molar-refractivity contribution in [2.45, 2.75) is 20.0 Å². The monoisotopic (exact) mass is 246 g/mol. The molecule has 1 aromatic heterocycles. The summed E-state index contributed by atoms with van der Waals surface area (Å²) >= 11 is 0. The largest absolute Gasteiger partial charge is 0.481 e. The van der Waals surface area contributed by atoms with Crippen LogP contribution in [0.4, 0.5) is 5.95 Å². The van der Waals surface area contributed by atoms with E-state index in [1.807, 2.05) is 31.2 Å². The Bertz CT molecular complexity index is 525. The fraction of sp³-hybridized carbons (Fsp3) is 0.250. The maximum atomic E-state index is 11.8. The van der Waals surface area contributed by atoms with Gasteiger partial charge >= 0.3 is 0 Å².